The smallest absolute Gasteiger partial charge is 0.870 e. The number of imidazole rings is 4. The summed E-state index contributed by atoms with van der Waals surface area (Å²) < 4.78 is 65.4. The Kier molecular flexibility index (Phi) is 39.7. The van der Waals surface area contributed by atoms with Crippen molar-refractivity contribution in [3.05, 3.63) is 82.0 Å². The number of aryl methyl sites for hydroxylation is 4. The number of carbonyl (C=O) groups excluding carboxylic acids is 6. The van der Waals surface area contributed by atoms with Gasteiger partial charge in [-0.3, -0.25) is 56.6 Å². The largest absolute Gasteiger partial charge is 1.00 e. The van der Waals surface area contributed by atoms with Crippen LogP contribution in [0.25, 0.3) is 44.7 Å². The number of aliphatic hydroxyl groups is 6. The molecule has 12 rings (SSSR count). The molecule has 0 spiro atoms. The number of rotatable bonds is 18. The molecule has 4 fully saturated rings. The normalized spacial score (nSPS) is 23.1. The molecular weight excluding hydrogens is 1600 g/mol. The van der Waals surface area contributed by atoms with Crippen LogP contribution in [0, 0.1) is 52.4 Å². The summed E-state index contributed by atoms with van der Waals surface area (Å²) >= 11 is 3.13. The van der Waals surface area contributed by atoms with Crippen LogP contribution in [0.5, 0.6) is 11.8 Å². The van der Waals surface area contributed by atoms with Gasteiger partial charge in [0, 0.05) is 83.5 Å². The summed E-state index contributed by atoms with van der Waals surface area (Å²) in [5.41, 5.74) is 1.59. The quantitative estimate of drug-likeness (QED) is 0.00761. The van der Waals surface area contributed by atoms with E-state index >= 15 is 0 Å². The molecule has 4 aliphatic rings. The molecule has 16 atom stereocenters. The molecule has 7 radical (unpaired) electrons. The molecular formula is C67H84B5BrN16NaO26. The van der Waals surface area contributed by atoms with Gasteiger partial charge >= 0.3 is 65.4 Å². The minimum absolute atomic E-state index is 0. The van der Waals surface area contributed by atoms with Gasteiger partial charge in [-0.2, -0.15) is 9.97 Å². The van der Waals surface area contributed by atoms with Crippen molar-refractivity contribution < 1.29 is 147 Å². The van der Waals surface area contributed by atoms with Gasteiger partial charge in [0.1, 0.15) is 72.1 Å². The van der Waals surface area contributed by atoms with Crippen LogP contribution in [-0.2, 0) is 71.4 Å². The van der Waals surface area contributed by atoms with E-state index in [1.54, 1.807) is 38.3 Å². The zero-order valence-electron chi connectivity index (χ0n) is 65.3. The van der Waals surface area contributed by atoms with Gasteiger partial charge in [-0.25, -0.2) is 39.9 Å². The Morgan fingerprint density at radius 1 is 0.543 bits per heavy atom. The third-order valence-corrected chi connectivity index (χ3v) is 16.5. The Labute approximate surface area is 697 Å². The zero-order chi connectivity index (χ0) is 84.7. The molecule has 8 aromatic rings. The number of alkyl halides is 1. The Balaban J connectivity index is 0.000000305. The minimum Gasteiger partial charge on any atom is -0.870 e. The maximum absolute atomic E-state index is 12.1. The van der Waals surface area contributed by atoms with E-state index in [0.29, 0.717) is 64.1 Å². The number of carbonyl (C=O) groups is 6. The SMILES string of the molecule is C#CCOc1nc(C)nc2c1ncn2[C@@H]1O[C@H](CC)[C@H](OC(C)=O)C1OC(C)=O.C#CCOc1nc(C)nc2c1ncn2[C@@H]1O[C@H](CO)[C@H](O)C1O.C=CCBr.CC(=O)OC(C)=O.CC[C@H]1O[C@@H](n2cnc3c(=O)[nH]c(C)nc32)C(OC(C)=O)[C@H]1OC(C)=O.Cc1nc2c(ncn2[C@@H]2O[C@H](CO)[C@H](O)C2O)c(=O)[nH]1.[B][B]B([B])[B].[Na+].[OH-]. The van der Waals surface area contributed by atoms with Crippen LogP contribution in [-0.4, -0.2) is 292 Å². The molecule has 4 unspecified atom stereocenters. The standard InChI is InChI=1S/C19H22N4O6.C16H20N4O6.C14H16N4O5.C11H14N4O5.C4H6O3.C3H5Br.B5.Na.H2O/c1-6-8-26-18-14-17(21-10(3)22-18)23(9-20-14)19-16(28-12(5)25)15(27-11(4)24)13(7-2)29-19;1-5-10-12(24-8(3)21)13(25-9(4)22)16(26-10)20-6-17-11-14(20)18-7(2)19-15(11)23;1-3-4-22-13-9-12(16-7(2)17-13)18(6-15-9)14-11(21)10(20)8(5-19)23-14;1-4-13-9-6(10(19)14-4)12-3-15(9)11-8(18)7(17)5(2-16)20-11;1-3(5)7-4(2)6;1-2-3-4;1-4-5(2)3;;/h1,9,13,15-16,19H,7-8H2,2-5H3;6,10,12-13,16H,5H2,1-4H3,(H,18,19,23);1,6,8,10-11,14,19-21H,4-5H2,2H3;3,5,7-8,11,16-18H,2H2,1H3,(H,13,14,19);1-2H3;2H,1,3H2;;;1H2/q;;;;;;;+1;/p-1/t13-,15+,16?,19-;10-,12+,13?,16-;8-,10+,11?,14-;5-,7+,8?,11-;;;;;/m1111...../s1. The first-order chi connectivity index (χ1) is 54.1. The Morgan fingerprint density at radius 2 is 0.836 bits per heavy atom. The molecule has 42 nitrogen and oxygen atoms in total. The van der Waals surface area contributed by atoms with E-state index < -0.39 is 159 Å². The summed E-state index contributed by atoms with van der Waals surface area (Å²) in [6.45, 7) is 20.6. The number of H-pyrrole nitrogens is 2. The average Bonchev–Trinajstić information content (AvgIpc) is 1.63. The second kappa shape index (κ2) is 46.6. The van der Waals surface area contributed by atoms with Crippen molar-refractivity contribution in [3.63, 3.8) is 0 Å². The second-order valence-electron chi connectivity index (χ2n) is 24.7. The van der Waals surface area contributed by atoms with Crippen molar-refractivity contribution in [2.45, 2.75) is 194 Å². The van der Waals surface area contributed by atoms with E-state index in [0.717, 1.165) is 5.33 Å². The number of esters is 6. The zero-order valence-corrected chi connectivity index (χ0v) is 68.9. The van der Waals surface area contributed by atoms with Gasteiger partial charge in [0.05, 0.1) is 38.5 Å². The second-order valence-corrected chi connectivity index (χ2v) is 25.4. The van der Waals surface area contributed by atoms with Crippen LogP contribution in [0.2, 0.25) is 0 Å². The number of halogens is 1. The number of aromatic amines is 2. The number of allylic oxidation sites excluding steroid dienone is 1. The fraction of sp³-hybridized carbons (Fsp3) is 0.522. The van der Waals surface area contributed by atoms with Crippen molar-refractivity contribution in [1.82, 2.24) is 78.1 Å². The fourth-order valence-electron chi connectivity index (χ4n) is 11.5. The third kappa shape index (κ3) is 25.6. The summed E-state index contributed by atoms with van der Waals surface area (Å²) in [7, 11) is 15.8. The van der Waals surface area contributed by atoms with Gasteiger partial charge < -0.3 is 98.2 Å². The van der Waals surface area contributed by atoms with E-state index in [2.05, 4.69) is 98.9 Å². The first-order valence-corrected chi connectivity index (χ1v) is 35.8. The number of fused-ring (bicyclic) bond motifs is 4. The van der Waals surface area contributed by atoms with Crippen molar-refractivity contribution in [2.24, 2.45) is 0 Å². The molecule has 0 aliphatic carbocycles. The monoisotopic (exact) mass is 1690 g/mol. The molecule has 4 aliphatic heterocycles. The van der Waals surface area contributed by atoms with Crippen LogP contribution in [0.1, 0.15) is 116 Å². The molecule has 49 heteroatoms. The number of aromatic nitrogens is 16. The maximum Gasteiger partial charge on any atom is 1.00 e. The fourth-order valence-corrected chi connectivity index (χ4v) is 11.5. The molecule has 0 saturated carbocycles. The molecule has 0 amide bonds. The van der Waals surface area contributed by atoms with Crippen molar-refractivity contribution >= 4 is 133 Å². The van der Waals surface area contributed by atoms with Crippen LogP contribution in [0.15, 0.2) is 47.6 Å². The number of nitrogens with one attached hydrogen (secondary N) is 2. The topological polar surface area (TPSA) is 570 Å². The Bertz CT molecular complexity index is 4860. The number of aliphatic hydroxyl groups excluding tert-OH is 6. The summed E-state index contributed by atoms with van der Waals surface area (Å²) in [6, 6.07) is 0. The first-order valence-electron chi connectivity index (χ1n) is 34.7. The summed E-state index contributed by atoms with van der Waals surface area (Å²) in [6.07, 6.45) is 4.04. The number of hydrogen-bond acceptors (Lipinski definition) is 36. The van der Waals surface area contributed by atoms with E-state index in [9.17, 15) is 63.9 Å². The van der Waals surface area contributed by atoms with Gasteiger partial charge in [0.15, 0.2) is 107 Å². The molecule has 9 N–H and O–H groups in total. The van der Waals surface area contributed by atoms with E-state index in [1.807, 2.05) is 13.8 Å². The Hall–Kier alpha value is -9.36. The number of hydrogen-bond donors (Lipinski definition) is 8. The van der Waals surface area contributed by atoms with Crippen LogP contribution < -0.4 is 50.1 Å². The van der Waals surface area contributed by atoms with Gasteiger partial charge in [0.25, 0.3) is 11.1 Å². The van der Waals surface area contributed by atoms with Crippen LogP contribution in [0.4, 0.5) is 0 Å². The van der Waals surface area contributed by atoms with Crippen LogP contribution >= 0.6 is 15.9 Å². The molecule has 4 saturated heterocycles. The molecule has 611 valence electrons. The predicted octanol–water partition coefficient (Wildman–Crippen LogP) is -4.70. The molecule has 12 heterocycles. The van der Waals surface area contributed by atoms with Gasteiger partial charge in [0.2, 0.25) is 11.8 Å². The minimum atomic E-state index is -1.24. The van der Waals surface area contributed by atoms with Gasteiger partial charge in [-0.15, -0.1) is 19.4 Å². The summed E-state index contributed by atoms with van der Waals surface area (Å²) in [5, 5.41) is 58.9. The van der Waals surface area contributed by atoms with Crippen molar-refractivity contribution in [1.29, 1.82) is 0 Å². The molecule has 8 aromatic heterocycles. The number of nitrogens with zero attached hydrogens (tertiary/aromatic N) is 14. The molecule has 116 heavy (non-hydrogen) atoms. The van der Waals surface area contributed by atoms with Gasteiger partial charge in [-0.1, -0.05) is 47.7 Å². The molecule has 0 aromatic carbocycles. The van der Waals surface area contributed by atoms with Crippen molar-refractivity contribution in [3.8, 4) is 36.4 Å². The summed E-state index contributed by atoms with van der Waals surface area (Å²) in [4.78, 5) is 137. The van der Waals surface area contributed by atoms with Gasteiger partial charge in [-0.05, 0) is 40.5 Å². The molecule has 0 bridgehead atoms. The van der Waals surface area contributed by atoms with E-state index in [-0.39, 0.29) is 82.2 Å². The van der Waals surface area contributed by atoms with E-state index in [1.165, 1.54) is 87.6 Å². The van der Waals surface area contributed by atoms with E-state index in [4.69, 9.17) is 88.5 Å². The van der Waals surface area contributed by atoms with Crippen LogP contribution in [0.3, 0.4) is 0 Å². The average molecular weight is 1690 g/mol. The maximum atomic E-state index is 12.1. The first kappa shape index (κ1) is 99.0. The summed E-state index contributed by atoms with van der Waals surface area (Å²) in [5.74, 6) is 3.70. The Morgan fingerprint density at radius 3 is 1.09 bits per heavy atom. The van der Waals surface area contributed by atoms with Crippen molar-refractivity contribution in [2.75, 3.05) is 31.8 Å². The predicted molar refractivity (Wildman–Crippen MR) is 408 cm³/mol. The third-order valence-electron chi connectivity index (χ3n) is 16.0. The number of terminal acetylenes is 2. The number of ether oxygens (including phenoxy) is 11.